The minimum Gasteiger partial charge on any atom is -0.320 e. The lowest BCUT2D eigenvalue weighted by atomic mass is 10.0. The van der Waals surface area contributed by atoms with Crippen molar-refractivity contribution in [3.8, 4) is 0 Å². The van der Waals surface area contributed by atoms with Crippen molar-refractivity contribution in [2.45, 2.75) is 13.0 Å². The molecule has 2 heterocycles. The zero-order valence-electron chi connectivity index (χ0n) is 13.0. The van der Waals surface area contributed by atoms with Crippen LogP contribution < -0.4 is 10.9 Å². The molecule has 4 rings (SSSR count). The van der Waals surface area contributed by atoms with Gasteiger partial charge in [0.25, 0.3) is 0 Å². The lowest BCUT2D eigenvalue weighted by molar-refractivity contribution is 0.615. The maximum atomic E-state index is 6.44. The third-order valence-electron chi connectivity index (χ3n) is 4.14. The molecule has 1 atom stereocenters. The summed E-state index contributed by atoms with van der Waals surface area (Å²) < 4.78 is 1.06. The van der Waals surface area contributed by atoms with E-state index in [1.807, 2.05) is 12.1 Å². The summed E-state index contributed by atoms with van der Waals surface area (Å²) in [5.74, 6) is 0. The monoisotopic (exact) mass is 399 g/mol. The average molecular weight is 401 g/mol. The number of hydrazine groups is 1. The van der Waals surface area contributed by atoms with Crippen LogP contribution in [0.3, 0.4) is 0 Å². The molecule has 0 aliphatic carbocycles. The molecule has 0 fully saturated rings. The van der Waals surface area contributed by atoms with Crippen molar-refractivity contribution in [2.24, 2.45) is 0 Å². The predicted octanol–water partition coefficient (Wildman–Crippen LogP) is 5.15. The Labute approximate surface area is 153 Å². The molecule has 1 aromatic heterocycles. The summed E-state index contributed by atoms with van der Waals surface area (Å²) >= 11 is 9.89. The number of hydrogen-bond donors (Lipinski definition) is 2. The van der Waals surface area contributed by atoms with E-state index in [2.05, 4.69) is 81.2 Å². The van der Waals surface area contributed by atoms with Crippen LogP contribution in [0.2, 0.25) is 5.15 Å². The number of nitrogens with one attached hydrogen (secondary N) is 2. The zero-order chi connectivity index (χ0) is 16.7. The van der Waals surface area contributed by atoms with E-state index < -0.39 is 0 Å². The first kappa shape index (κ1) is 15.6. The number of fused-ring (bicyclic) bond motifs is 1. The highest BCUT2D eigenvalue weighted by molar-refractivity contribution is 9.10. The molecule has 1 aliphatic rings. The maximum absolute atomic E-state index is 6.44. The van der Waals surface area contributed by atoms with Crippen molar-refractivity contribution >= 4 is 44.1 Å². The minimum atomic E-state index is -0.0191. The van der Waals surface area contributed by atoms with Gasteiger partial charge in [0.1, 0.15) is 5.15 Å². The number of benzene rings is 2. The Morgan fingerprint density at radius 3 is 2.67 bits per heavy atom. The van der Waals surface area contributed by atoms with Crippen LogP contribution in [0.5, 0.6) is 0 Å². The lowest BCUT2D eigenvalue weighted by Crippen LogP contribution is -2.26. The van der Waals surface area contributed by atoms with E-state index in [0.717, 1.165) is 32.2 Å². The number of nitrogens with zero attached hydrogens (tertiary/aromatic N) is 1. The minimum absolute atomic E-state index is 0.0191. The van der Waals surface area contributed by atoms with Gasteiger partial charge in [0.15, 0.2) is 0 Å². The van der Waals surface area contributed by atoms with Crippen molar-refractivity contribution in [2.75, 3.05) is 0 Å². The number of aryl methyl sites for hydroxylation is 1. The van der Waals surface area contributed by atoms with Gasteiger partial charge in [-0.25, -0.2) is 10.4 Å². The summed E-state index contributed by atoms with van der Waals surface area (Å²) in [6.45, 7) is 2.05. The van der Waals surface area contributed by atoms with Crippen LogP contribution in [0.25, 0.3) is 16.6 Å². The summed E-state index contributed by atoms with van der Waals surface area (Å²) in [6.07, 6.45) is 2.13. The molecule has 0 spiro atoms. The van der Waals surface area contributed by atoms with Gasteiger partial charge in [0.2, 0.25) is 0 Å². The second kappa shape index (κ2) is 6.20. The highest BCUT2D eigenvalue weighted by Crippen LogP contribution is 2.31. The van der Waals surface area contributed by atoms with E-state index in [1.165, 1.54) is 5.56 Å². The maximum Gasteiger partial charge on any atom is 0.134 e. The molecular weight excluding hydrogens is 386 g/mol. The third-order valence-corrected chi connectivity index (χ3v) is 4.97. The summed E-state index contributed by atoms with van der Waals surface area (Å²) in [5, 5.41) is 1.62. The van der Waals surface area contributed by atoms with Crippen LogP contribution in [0.15, 0.2) is 59.1 Å². The zero-order valence-corrected chi connectivity index (χ0v) is 15.3. The van der Waals surface area contributed by atoms with Crippen molar-refractivity contribution < 1.29 is 0 Å². The molecule has 5 heteroatoms. The van der Waals surface area contributed by atoms with Gasteiger partial charge in [-0.1, -0.05) is 51.8 Å². The van der Waals surface area contributed by atoms with E-state index in [4.69, 9.17) is 11.6 Å². The van der Waals surface area contributed by atoms with E-state index in [1.54, 1.807) is 0 Å². The van der Waals surface area contributed by atoms with E-state index in [0.29, 0.717) is 5.15 Å². The molecule has 2 aromatic carbocycles. The van der Waals surface area contributed by atoms with Crippen LogP contribution in [0, 0.1) is 6.92 Å². The molecule has 120 valence electrons. The number of aromatic nitrogens is 1. The standard InChI is InChI=1S/C19H15BrClN3/c1-11-2-3-13-9-15(19(21)22-16(13)8-11)18-10-17(23-24-18)12-4-6-14(20)7-5-12/h2-10,18,23-24H,1H3/t18-/m1/s1. The molecule has 2 N–H and O–H groups in total. The van der Waals surface area contributed by atoms with Crippen LogP contribution >= 0.6 is 27.5 Å². The predicted molar refractivity (Wildman–Crippen MR) is 103 cm³/mol. The molecule has 0 bridgehead atoms. The molecule has 0 saturated heterocycles. The van der Waals surface area contributed by atoms with Gasteiger partial charge < -0.3 is 5.43 Å². The molecule has 0 amide bonds. The normalized spacial score (nSPS) is 17.0. The molecular formula is C19H15BrClN3. The summed E-state index contributed by atoms with van der Waals surface area (Å²) in [6, 6.07) is 16.5. The number of hydrogen-bond acceptors (Lipinski definition) is 3. The van der Waals surface area contributed by atoms with Gasteiger partial charge >= 0.3 is 0 Å². The lowest BCUT2D eigenvalue weighted by Gasteiger charge is -2.12. The van der Waals surface area contributed by atoms with Gasteiger partial charge in [0.05, 0.1) is 17.3 Å². The number of rotatable bonds is 2. The Morgan fingerprint density at radius 2 is 1.88 bits per heavy atom. The molecule has 0 saturated carbocycles. The fourth-order valence-electron chi connectivity index (χ4n) is 2.86. The van der Waals surface area contributed by atoms with Gasteiger partial charge in [-0.3, -0.25) is 0 Å². The molecule has 3 aromatic rings. The number of pyridine rings is 1. The Morgan fingerprint density at radius 1 is 1.08 bits per heavy atom. The highest BCUT2D eigenvalue weighted by atomic mass is 79.9. The molecule has 3 nitrogen and oxygen atoms in total. The fourth-order valence-corrected chi connectivity index (χ4v) is 3.39. The fraction of sp³-hybridized carbons (Fsp3) is 0.105. The second-order valence-electron chi connectivity index (χ2n) is 5.90. The first-order valence-corrected chi connectivity index (χ1v) is 8.83. The van der Waals surface area contributed by atoms with Crippen molar-refractivity contribution in [1.29, 1.82) is 0 Å². The first-order chi connectivity index (χ1) is 11.6. The van der Waals surface area contributed by atoms with E-state index in [9.17, 15) is 0 Å². The molecule has 0 radical (unpaired) electrons. The van der Waals surface area contributed by atoms with E-state index in [-0.39, 0.29) is 6.04 Å². The Balaban J connectivity index is 1.71. The van der Waals surface area contributed by atoms with Gasteiger partial charge in [-0.05, 0) is 48.4 Å². The van der Waals surface area contributed by atoms with Gasteiger partial charge in [-0.2, -0.15) is 0 Å². The SMILES string of the molecule is Cc1ccc2cc([C@H]3C=C(c4ccc(Br)cc4)NN3)c(Cl)nc2c1. The first-order valence-electron chi connectivity index (χ1n) is 7.66. The van der Waals surface area contributed by atoms with Crippen LogP contribution in [0.4, 0.5) is 0 Å². The Bertz CT molecular complexity index is 951. The summed E-state index contributed by atoms with van der Waals surface area (Å²) in [5.41, 5.74) is 11.7. The topological polar surface area (TPSA) is 37.0 Å². The molecule has 24 heavy (non-hydrogen) atoms. The van der Waals surface area contributed by atoms with E-state index >= 15 is 0 Å². The van der Waals surface area contributed by atoms with Crippen molar-refractivity contribution in [3.05, 3.63) is 80.9 Å². The summed E-state index contributed by atoms with van der Waals surface area (Å²) in [4.78, 5) is 4.55. The van der Waals surface area contributed by atoms with Crippen molar-refractivity contribution in [1.82, 2.24) is 15.8 Å². The molecule has 1 aliphatic heterocycles. The number of halogens is 2. The average Bonchev–Trinajstić information content (AvgIpc) is 3.04. The highest BCUT2D eigenvalue weighted by Gasteiger charge is 2.21. The molecule has 0 unspecified atom stereocenters. The Hall–Kier alpha value is -1.88. The van der Waals surface area contributed by atoms with Crippen LogP contribution in [0.1, 0.15) is 22.7 Å². The second-order valence-corrected chi connectivity index (χ2v) is 7.17. The van der Waals surface area contributed by atoms with Gasteiger partial charge in [-0.15, -0.1) is 0 Å². The van der Waals surface area contributed by atoms with Crippen LogP contribution in [-0.4, -0.2) is 4.98 Å². The largest absolute Gasteiger partial charge is 0.320 e. The smallest absolute Gasteiger partial charge is 0.134 e. The summed E-state index contributed by atoms with van der Waals surface area (Å²) in [7, 11) is 0. The Kier molecular flexibility index (Phi) is 4.04. The van der Waals surface area contributed by atoms with Crippen molar-refractivity contribution in [3.63, 3.8) is 0 Å². The quantitative estimate of drug-likeness (QED) is 0.584. The third kappa shape index (κ3) is 2.93. The van der Waals surface area contributed by atoms with Crippen LogP contribution in [-0.2, 0) is 0 Å². The van der Waals surface area contributed by atoms with Gasteiger partial charge in [0, 0.05) is 15.4 Å².